The molecule has 0 unspecified atom stereocenters. The van der Waals surface area contributed by atoms with Gasteiger partial charge in [0.15, 0.2) is 5.82 Å². The van der Waals surface area contributed by atoms with E-state index in [4.69, 9.17) is 4.74 Å². The summed E-state index contributed by atoms with van der Waals surface area (Å²) < 4.78 is 60.7. The number of hydrogen-bond donors (Lipinski definition) is 3. The van der Waals surface area contributed by atoms with E-state index in [0.29, 0.717) is 23.2 Å². The van der Waals surface area contributed by atoms with E-state index in [-0.39, 0.29) is 11.4 Å². The third-order valence-electron chi connectivity index (χ3n) is 5.23. The molecule has 0 aliphatic rings. The molecular formula is C24H22F2N4O4S. The van der Waals surface area contributed by atoms with Gasteiger partial charge in [0.2, 0.25) is 10.0 Å². The number of H-pyrrole nitrogens is 1. The second-order valence-corrected chi connectivity index (χ2v) is 9.56. The van der Waals surface area contributed by atoms with Crippen molar-refractivity contribution in [3.8, 4) is 16.9 Å². The van der Waals surface area contributed by atoms with Crippen LogP contribution < -0.4 is 14.8 Å². The summed E-state index contributed by atoms with van der Waals surface area (Å²) in [4.78, 5) is 20.1. The van der Waals surface area contributed by atoms with Crippen LogP contribution in [0.4, 0.5) is 20.2 Å². The minimum Gasteiger partial charge on any atom is -0.497 e. The van der Waals surface area contributed by atoms with Crippen LogP contribution in [0.5, 0.6) is 5.75 Å². The predicted octanol–water partition coefficient (Wildman–Crippen LogP) is 4.92. The average molecular weight is 501 g/mol. The normalized spacial score (nSPS) is 11.4. The standard InChI is InChI=1S/C24H22F2N4O4S/c1-3-9-35(32,33)30-20-8-7-19(25)21(22(20)26)24(31)29-15-11-17-18(13-28-23(17)27-12-15)14-5-4-6-16(10-14)34-2/h4-8,10-13,30H,3,9H2,1-2H3,(H,27,28)(H,29,31). The zero-order chi connectivity index (χ0) is 25.2. The first-order valence-corrected chi connectivity index (χ1v) is 12.3. The van der Waals surface area contributed by atoms with Crippen LogP contribution in [0.2, 0.25) is 0 Å². The summed E-state index contributed by atoms with van der Waals surface area (Å²) in [6.45, 7) is 1.65. The summed E-state index contributed by atoms with van der Waals surface area (Å²) in [5, 5.41) is 3.11. The van der Waals surface area contributed by atoms with Crippen molar-refractivity contribution in [2.75, 3.05) is 22.9 Å². The van der Waals surface area contributed by atoms with Crippen molar-refractivity contribution in [1.29, 1.82) is 0 Å². The van der Waals surface area contributed by atoms with Crippen LogP contribution in [-0.2, 0) is 10.0 Å². The number of nitrogens with one attached hydrogen (secondary N) is 3. The van der Waals surface area contributed by atoms with Crippen molar-refractivity contribution in [2.45, 2.75) is 13.3 Å². The van der Waals surface area contributed by atoms with E-state index in [9.17, 15) is 22.0 Å². The maximum atomic E-state index is 15.0. The Kier molecular flexibility index (Phi) is 6.70. The SMILES string of the molecule is CCCS(=O)(=O)Nc1ccc(F)c(C(=O)Nc2cnc3[nH]cc(-c4cccc(OC)c4)c3c2)c1F. The number of carbonyl (C=O) groups excluding carboxylic acids is 1. The van der Waals surface area contributed by atoms with Crippen molar-refractivity contribution in [3.63, 3.8) is 0 Å². The molecule has 0 fully saturated rings. The molecule has 0 aliphatic carbocycles. The van der Waals surface area contributed by atoms with E-state index in [2.05, 4.69) is 20.0 Å². The largest absolute Gasteiger partial charge is 0.497 e. The highest BCUT2D eigenvalue weighted by Crippen LogP contribution is 2.32. The molecule has 3 N–H and O–H groups in total. The molecule has 35 heavy (non-hydrogen) atoms. The number of pyridine rings is 1. The first kappa shape index (κ1) is 24.1. The number of anilines is 2. The van der Waals surface area contributed by atoms with Gasteiger partial charge in [-0.3, -0.25) is 9.52 Å². The highest BCUT2D eigenvalue weighted by Gasteiger charge is 2.23. The molecule has 2 aromatic heterocycles. The number of nitrogens with zero attached hydrogens (tertiary/aromatic N) is 1. The predicted molar refractivity (Wildman–Crippen MR) is 130 cm³/mol. The Morgan fingerprint density at radius 1 is 1.17 bits per heavy atom. The van der Waals surface area contributed by atoms with Gasteiger partial charge in [-0.15, -0.1) is 0 Å². The first-order valence-electron chi connectivity index (χ1n) is 10.6. The zero-order valence-electron chi connectivity index (χ0n) is 18.9. The third-order valence-corrected chi connectivity index (χ3v) is 6.70. The molecule has 0 atom stereocenters. The quantitative estimate of drug-likeness (QED) is 0.318. The zero-order valence-corrected chi connectivity index (χ0v) is 19.7. The summed E-state index contributed by atoms with van der Waals surface area (Å²) in [5.74, 6) is -3.12. The Morgan fingerprint density at radius 2 is 1.97 bits per heavy atom. The molecule has 1 amide bonds. The molecule has 0 spiro atoms. The Balaban J connectivity index is 1.66. The van der Waals surface area contributed by atoms with Crippen molar-refractivity contribution >= 4 is 38.3 Å². The summed E-state index contributed by atoms with van der Waals surface area (Å²) in [5.41, 5.74) is 0.943. The molecule has 4 rings (SSSR count). The van der Waals surface area contributed by atoms with E-state index >= 15 is 0 Å². The number of aromatic amines is 1. The van der Waals surface area contributed by atoms with Crippen LogP contribution in [0, 0.1) is 11.6 Å². The van der Waals surface area contributed by atoms with E-state index < -0.39 is 38.8 Å². The summed E-state index contributed by atoms with van der Waals surface area (Å²) >= 11 is 0. The van der Waals surface area contributed by atoms with Crippen LogP contribution in [0.25, 0.3) is 22.2 Å². The molecule has 4 aromatic rings. The molecule has 2 heterocycles. The van der Waals surface area contributed by atoms with Gasteiger partial charge in [0, 0.05) is 17.1 Å². The van der Waals surface area contributed by atoms with Gasteiger partial charge in [-0.05, 0) is 42.3 Å². The van der Waals surface area contributed by atoms with E-state index in [1.807, 2.05) is 24.3 Å². The highest BCUT2D eigenvalue weighted by molar-refractivity contribution is 7.92. The molecule has 0 aliphatic heterocycles. The van der Waals surface area contributed by atoms with Gasteiger partial charge in [0.05, 0.1) is 30.4 Å². The fourth-order valence-corrected chi connectivity index (χ4v) is 4.75. The van der Waals surface area contributed by atoms with Gasteiger partial charge < -0.3 is 15.0 Å². The molecule has 0 bridgehead atoms. The maximum absolute atomic E-state index is 15.0. The van der Waals surface area contributed by atoms with Crippen LogP contribution in [0.3, 0.4) is 0 Å². The lowest BCUT2D eigenvalue weighted by molar-refractivity contribution is 0.101. The Hall–Kier alpha value is -3.99. The summed E-state index contributed by atoms with van der Waals surface area (Å²) in [6, 6.07) is 10.7. The van der Waals surface area contributed by atoms with Gasteiger partial charge in [-0.2, -0.15) is 0 Å². The lowest BCUT2D eigenvalue weighted by Gasteiger charge is -2.12. The topological polar surface area (TPSA) is 113 Å². The number of rotatable bonds is 8. The highest BCUT2D eigenvalue weighted by atomic mass is 32.2. The monoisotopic (exact) mass is 500 g/mol. The number of aromatic nitrogens is 2. The first-order chi connectivity index (χ1) is 16.7. The third kappa shape index (κ3) is 5.09. The second kappa shape index (κ2) is 9.71. The Labute approximate surface area is 200 Å². The number of carbonyl (C=O) groups is 1. The smallest absolute Gasteiger partial charge is 0.261 e. The number of benzene rings is 2. The van der Waals surface area contributed by atoms with E-state index in [1.54, 1.807) is 26.3 Å². The molecular weight excluding hydrogens is 478 g/mol. The van der Waals surface area contributed by atoms with Crippen molar-refractivity contribution in [2.24, 2.45) is 0 Å². The molecule has 11 heteroatoms. The van der Waals surface area contributed by atoms with Crippen LogP contribution >= 0.6 is 0 Å². The van der Waals surface area contributed by atoms with Gasteiger partial charge in [0.25, 0.3) is 5.91 Å². The van der Waals surface area contributed by atoms with Crippen molar-refractivity contribution in [3.05, 3.63) is 72.1 Å². The number of ether oxygens (including phenoxy) is 1. The van der Waals surface area contributed by atoms with Crippen LogP contribution in [0.15, 0.2) is 54.9 Å². The molecule has 2 aromatic carbocycles. The molecule has 0 radical (unpaired) electrons. The number of fused-ring (bicyclic) bond motifs is 1. The maximum Gasteiger partial charge on any atom is 0.261 e. The Bertz CT molecular complexity index is 1520. The van der Waals surface area contributed by atoms with Crippen molar-refractivity contribution < 1.29 is 26.7 Å². The average Bonchev–Trinajstić information content (AvgIpc) is 3.24. The lowest BCUT2D eigenvalue weighted by Crippen LogP contribution is -2.20. The van der Waals surface area contributed by atoms with Crippen molar-refractivity contribution in [1.82, 2.24) is 9.97 Å². The molecule has 0 saturated heterocycles. The van der Waals surface area contributed by atoms with Gasteiger partial charge >= 0.3 is 0 Å². The minimum absolute atomic E-state index is 0.196. The number of hydrogen-bond acceptors (Lipinski definition) is 5. The lowest BCUT2D eigenvalue weighted by atomic mass is 10.1. The Morgan fingerprint density at radius 3 is 2.71 bits per heavy atom. The van der Waals surface area contributed by atoms with E-state index in [1.165, 1.54) is 6.20 Å². The molecule has 182 valence electrons. The summed E-state index contributed by atoms with van der Waals surface area (Å²) in [6.07, 6.45) is 3.40. The number of halogens is 2. The van der Waals surface area contributed by atoms with Gasteiger partial charge in [0.1, 0.15) is 22.8 Å². The van der Waals surface area contributed by atoms with Crippen LogP contribution in [-0.4, -0.2) is 37.2 Å². The number of sulfonamides is 1. The second-order valence-electron chi connectivity index (χ2n) is 7.71. The minimum atomic E-state index is -3.84. The summed E-state index contributed by atoms with van der Waals surface area (Å²) in [7, 11) is -2.28. The number of methoxy groups -OCH3 is 1. The van der Waals surface area contributed by atoms with Gasteiger partial charge in [-0.1, -0.05) is 19.1 Å². The number of amides is 1. The fourth-order valence-electron chi connectivity index (χ4n) is 3.62. The molecule has 8 nitrogen and oxygen atoms in total. The van der Waals surface area contributed by atoms with Crippen LogP contribution in [0.1, 0.15) is 23.7 Å². The van der Waals surface area contributed by atoms with E-state index in [0.717, 1.165) is 23.3 Å². The fraction of sp³-hybridized carbons (Fsp3) is 0.167. The van der Waals surface area contributed by atoms with Gasteiger partial charge in [-0.25, -0.2) is 22.2 Å². The molecule has 0 saturated carbocycles.